The molecular formula is C12H7BrCl2O2S. The average molecular weight is 366 g/mol. The molecule has 1 aromatic rings. The second kappa shape index (κ2) is 5.21. The Morgan fingerprint density at radius 3 is 1.72 bits per heavy atom. The second-order valence-electron chi connectivity index (χ2n) is 3.65. The first-order chi connectivity index (χ1) is 8.34. The molecule has 0 aromatic heterocycles. The monoisotopic (exact) mass is 364 g/mol. The summed E-state index contributed by atoms with van der Waals surface area (Å²) in [7, 11) is 4.81. The average Bonchev–Trinajstić information content (AvgIpc) is 2.90. The van der Waals surface area contributed by atoms with Gasteiger partial charge in [0.05, 0.1) is 0 Å². The van der Waals surface area contributed by atoms with Crippen molar-refractivity contribution in [1.82, 2.24) is 0 Å². The summed E-state index contributed by atoms with van der Waals surface area (Å²) < 4.78 is 19.5. The van der Waals surface area contributed by atoms with Crippen LogP contribution in [0.5, 0.6) is 0 Å². The summed E-state index contributed by atoms with van der Waals surface area (Å²) in [5.74, 6) is 0. The van der Waals surface area contributed by atoms with Gasteiger partial charge < -0.3 is 0 Å². The molecule has 0 unspecified atom stereocenters. The van der Waals surface area contributed by atoms with E-state index in [1.807, 2.05) is 0 Å². The molecule has 0 radical (unpaired) electrons. The van der Waals surface area contributed by atoms with Crippen LogP contribution in [0.2, 0.25) is 0 Å². The van der Waals surface area contributed by atoms with Crippen LogP contribution in [0.3, 0.4) is 0 Å². The minimum atomic E-state index is -3.72. The fraction of sp³-hybridized carbons (Fsp3) is 0. The third-order valence-corrected chi connectivity index (χ3v) is 2.93. The first-order valence-electron chi connectivity index (χ1n) is 4.89. The molecule has 0 N–H and O–H groups in total. The molecule has 94 valence electrons. The van der Waals surface area contributed by atoms with Gasteiger partial charge in [0.25, 0.3) is 0 Å². The maximum atomic E-state index is 9.16. The summed E-state index contributed by atoms with van der Waals surface area (Å²) in [5.41, 5.74) is 5.49. The van der Waals surface area contributed by atoms with Gasteiger partial charge >= 0.3 is 8.26 Å². The molecule has 0 atom stereocenters. The summed E-state index contributed by atoms with van der Waals surface area (Å²) in [6.45, 7) is 0. The van der Waals surface area contributed by atoms with E-state index in [1.54, 1.807) is 0 Å². The zero-order chi connectivity index (χ0) is 13.3. The molecule has 6 heteroatoms. The van der Waals surface area contributed by atoms with Crippen LogP contribution in [0.15, 0.2) is 46.9 Å². The Kier molecular flexibility index (Phi) is 4.02. The smallest absolute Gasteiger partial charge is 0.195 e. The fourth-order valence-corrected chi connectivity index (χ4v) is 1.90. The van der Waals surface area contributed by atoms with Crippen LogP contribution >= 0.6 is 37.3 Å². The van der Waals surface area contributed by atoms with Crippen molar-refractivity contribution in [3.8, 4) is 22.3 Å². The molecule has 0 bridgehead atoms. The van der Waals surface area contributed by atoms with Crippen molar-refractivity contribution >= 4 is 45.6 Å². The SMILES string of the molecule is Brc1ccc(-c2ccc3cc2-3)cc1.O=S(=O)(Cl)Cl. The van der Waals surface area contributed by atoms with E-state index in [0.717, 1.165) is 4.47 Å². The lowest BCUT2D eigenvalue weighted by molar-refractivity contribution is 0.621. The molecule has 2 aliphatic carbocycles. The zero-order valence-corrected chi connectivity index (χ0v) is 12.8. The molecule has 1 aromatic carbocycles. The highest BCUT2D eigenvalue weighted by Crippen LogP contribution is 2.43. The van der Waals surface area contributed by atoms with Gasteiger partial charge in [-0.3, -0.25) is 0 Å². The lowest BCUT2D eigenvalue weighted by Crippen LogP contribution is -1.72. The molecule has 0 spiro atoms. The molecule has 0 saturated heterocycles. The number of halogens is 3. The van der Waals surface area contributed by atoms with Crippen molar-refractivity contribution in [3.63, 3.8) is 0 Å². The molecule has 0 saturated carbocycles. The van der Waals surface area contributed by atoms with Gasteiger partial charge in [-0.05, 0) is 40.5 Å². The normalized spacial score (nSPS) is 11.5. The van der Waals surface area contributed by atoms with E-state index in [0.29, 0.717) is 0 Å². The summed E-state index contributed by atoms with van der Waals surface area (Å²) in [4.78, 5) is 0. The van der Waals surface area contributed by atoms with Crippen LogP contribution in [-0.4, -0.2) is 8.42 Å². The van der Waals surface area contributed by atoms with Crippen LogP contribution in [0.1, 0.15) is 0 Å². The largest absolute Gasteiger partial charge is 0.317 e. The highest BCUT2D eigenvalue weighted by molar-refractivity contribution is 9.10. The summed E-state index contributed by atoms with van der Waals surface area (Å²) in [6, 6.07) is 15.0. The standard InChI is InChI=1S/C12H7Br.Cl2O2S/c13-10-4-1-8(2-5-10)11-6-3-9-7-12(9)11;1-5(2,3)4/h1-7H;. The van der Waals surface area contributed by atoms with Gasteiger partial charge in [0.1, 0.15) is 0 Å². The Balaban J connectivity index is 0.000000209. The van der Waals surface area contributed by atoms with Crippen molar-refractivity contribution in [2.24, 2.45) is 0 Å². The van der Waals surface area contributed by atoms with E-state index < -0.39 is 8.26 Å². The van der Waals surface area contributed by atoms with Crippen LogP contribution in [0, 0.1) is 0 Å². The Labute approximate surface area is 123 Å². The Morgan fingerprint density at radius 2 is 1.33 bits per heavy atom. The molecular weight excluding hydrogens is 359 g/mol. The molecule has 0 amide bonds. The third-order valence-electron chi connectivity index (χ3n) is 2.40. The molecule has 18 heavy (non-hydrogen) atoms. The van der Waals surface area contributed by atoms with Gasteiger partial charge in [-0.25, -0.2) is 0 Å². The quantitative estimate of drug-likeness (QED) is 0.580. The number of benzene rings is 2. The molecule has 3 rings (SSSR count). The predicted octanol–water partition coefficient (Wildman–Crippen LogP) is 4.81. The van der Waals surface area contributed by atoms with Gasteiger partial charge in [-0.1, -0.05) is 40.2 Å². The van der Waals surface area contributed by atoms with E-state index in [9.17, 15) is 0 Å². The maximum absolute atomic E-state index is 9.16. The van der Waals surface area contributed by atoms with E-state index >= 15 is 0 Å². The minimum absolute atomic E-state index is 1.13. The topological polar surface area (TPSA) is 34.1 Å². The maximum Gasteiger partial charge on any atom is 0.317 e. The highest BCUT2D eigenvalue weighted by Gasteiger charge is 2.17. The van der Waals surface area contributed by atoms with Gasteiger partial charge in [0, 0.05) is 25.8 Å². The van der Waals surface area contributed by atoms with Gasteiger partial charge in [0.15, 0.2) is 0 Å². The van der Waals surface area contributed by atoms with E-state index in [1.165, 1.54) is 22.3 Å². The zero-order valence-electron chi connectivity index (χ0n) is 8.90. The lowest BCUT2D eigenvalue weighted by atomic mass is 10.1. The van der Waals surface area contributed by atoms with Crippen molar-refractivity contribution in [1.29, 1.82) is 0 Å². The first kappa shape index (κ1) is 13.9. The van der Waals surface area contributed by atoms with Crippen LogP contribution in [0.25, 0.3) is 22.3 Å². The van der Waals surface area contributed by atoms with Gasteiger partial charge in [-0.2, -0.15) is 8.42 Å². The number of hydrogen-bond acceptors (Lipinski definition) is 2. The lowest BCUT2D eigenvalue weighted by Gasteiger charge is -1.97. The van der Waals surface area contributed by atoms with Crippen molar-refractivity contribution in [3.05, 3.63) is 46.9 Å². The summed E-state index contributed by atoms with van der Waals surface area (Å²) >= 11 is 3.43. The number of rotatable bonds is 1. The van der Waals surface area contributed by atoms with Crippen LogP contribution in [0.4, 0.5) is 0 Å². The number of hydrogen-bond donors (Lipinski definition) is 0. The van der Waals surface area contributed by atoms with E-state index in [2.05, 4.69) is 79.8 Å². The van der Waals surface area contributed by atoms with E-state index in [4.69, 9.17) is 8.42 Å². The predicted molar refractivity (Wildman–Crippen MR) is 79.2 cm³/mol. The Hall–Kier alpha value is -0.550. The van der Waals surface area contributed by atoms with Crippen molar-refractivity contribution in [2.45, 2.75) is 0 Å². The van der Waals surface area contributed by atoms with Gasteiger partial charge in [0.2, 0.25) is 0 Å². The fourth-order valence-electron chi connectivity index (χ4n) is 1.63. The minimum Gasteiger partial charge on any atom is -0.195 e. The van der Waals surface area contributed by atoms with Crippen LogP contribution in [-0.2, 0) is 8.26 Å². The molecule has 0 fully saturated rings. The Bertz CT molecular complexity index is 674. The van der Waals surface area contributed by atoms with Crippen molar-refractivity contribution in [2.75, 3.05) is 0 Å². The third kappa shape index (κ3) is 3.99. The molecule has 0 heterocycles. The molecule has 0 aliphatic heterocycles. The second-order valence-corrected chi connectivity index (χ2v) is 8.23. The number of fused-ring (bicyclic) bond motifs is 1. The summed E-state index contributed by atoms with van der Waals surface area (Å²) in [5, 5.41) is 0. The van der Waals surface area contributed by atoms with Gasteiger partial charge in [-0.15, -0.1) is 0 Å². The Morgan fingerprint density at radius 1 is 0.833 bits per heavy atom. The van der Waals surface area contributed by atoms with E-state index in [-0.39, 0.29) is 0 Å². The molecule has 2 aliphatic rings. The summed E-state index contributed by atoms with van der Waals surface area (Å²) in [6.07, 6.45) is 0. The first-order valence-corrected chi connectivity index (χ1v) is 8.82. The highest BCUT2D eigenvalue weighted by atomic mass is 79.9. The van der Waals surface area contributed by atoms with Crippen molar-refractivity contribution < 1.29 is 8.42 Å². The molecule has 2 nitrogen and oxygen atoms in total. The van der Waals surface area contributed by atoms with Crippen LogP contribution < -0.4 is 0 Å².